The minimum atomic E-state index is -0.384. The topological polar surface area (TPSA) is 50.8 Å². The van der Waals surface area contributed by atoms with Gasteiger partial charge >= 0.3 is 0 Å². The molecule has 158 valence electrons. The minimum absolute atomic E-state index is 0.0213. The fourth-order valence-electron chi connectivity index (χ4n) is 4.40. The molecule has 1 fully saturated rings. The molecule has 5 heteroatoms. The van der Waals surface area contributed by atoms with Gasteiger partial charge in [-0.15, -0.1) is 0 Å². The number of carbonyl (C=O) groups excluding carboxylic acids is 1. The number of fused-ring (bicyclic) bond motifs is 2. The molecule has 3 aromatic carbocycles. The van der Waals surface area contributed by atoms with Crippen LogP contribution in [0.25, 0.3) is 0 Å². The Bertz CT molecular complexity index is 1010. The maximum absolute atomic E-state index is 13.3. The molecule has 0 radical (unpaired) electrons. The fourth-order valence-corrected chi connectivity index (χ4v) is 4.40. The first-order valence-corrected chi connectivity index (χ1v) is 10.8. The Hall–Kier alpha value is -3.15. The molecular formula is C26H26N2O3. The third kappa shape index (κ3) is 4.33. The standard InChI is InChI=1S/C26H26N2O3/c29-26(25-21-10-4-6-12-23(21)31-24-13-7-5-11-22(24)25)27-16-20-18-28(14-15-30-20)17-19-8-2-1-3-9-19/h1-13,20,25H,14-18H2,(H,27,29)/t20-/m0/s1. The van der Waals surface area contributed by atoms with Crippen molar-refractivity contribution in [2.75, 3.05) is 26.2 Å². The van der Waals surface area contributed by atoms with E-state index in [9.17, 15) is 4.79 Å². The first kappa shape index (κ1) is 19.8. The molecular weight excluding hydrogens is 388 g/mol. The molecule has 3 aromatic rings. The highest BCUT2D eigenvalue weighted by Gasteiger charge is 2.33. The zero-order valence-electron chi connectivity index (χ0n) is 17.4. The zero-order chi connectivity index (χ0) is 21.0. The molecule has 5 rings (SSSR count). The Kier molecular flexibility index (Phi) is 5.69. The summed E-state index contributed by atoms with van der Waals surface area (Å²) in [5, 5.41) is 3.14. The lowest BCUT2D eigenvalue weighted by Crippen LogP contribution is -2.47. The summed E-state index contributed by atoms with van der Waals surface area (Å²) < 4.78 is 12.0. The van der Waals surface area contributed by atoms with E-state index in [1.54, 1.807) is 0 Å². The maximum Gasteiger partial charge on any atom is 0.232 e. The second kappa shape index (κ2) is 8.92. The van der Waals surface area contributed by atoms with Crippen molar-refractivity contribution in [3.8, 4) is 11.5 Å². The van der Waals surface area contributed by atoms with Gasteiger partial charge in [-0.2, -0.15) is 0 Å². The SMILES string of the molecule is O=C(NC[C@H]1CN(Cc2ccccc2)CCO1)C1c2ccccc2Oc2ccccc21. The Labute approximate surface area is 182 Å². The van der Waals surface area contributed by atoms with E-state index in [1.807, 2.05) is 54.6 Å². The number of hydrogen-bond donors (Lipinski definition) is 1. The Morgan fingerprint density at radius 3 is 2.26 bits per heavy atom. The van der Waals surface area contributed by atoms with Crippen LogP contribution >= 0.6 is 0 Å². The lowest BCUT2D eigenvalue weighted by Gasteiger charge is -2.33. The third-order valence-electron chi connectivity index (χ3n) is 5.92. The van der Waals surface area contributed by atoms with Crippen LogP contribution in [-0.4, -0.2) is 43.2 Å². The number of rotatable bonds is 5. The molecule has 31 heavy (non-hydrogen) atoms. The van der Waals surface area contributed by atoms with Crippen molar-refractivity contribution in [1.29, 1.82) is 0 Å². The molecule has 2 aliphatic heterocycles. The van der Waals surface area contributed by atoms with Crippen LogP contribution < -0.4 is 10.1 Å². The number of benzene rings is 3. The van der Waals surface area contributed by atoms with E-state index in [-0.39, 0.29) is 17.9 Å². The van der Waals surface area contributed by atoms with Crippen LogP contribution in [0, 0.1) is 0 Å². The highest BCUT2D eigenvalue weighted by atomic mass is 16.5. The number of para-hydroxylation sites is 2. The van der Waals surface area contributed by atoms with Crippen molar-refractivity contribution in [1.82, 2.24) is 10.2 Å². The van der Waals surface area contributed by atoms with E-state index in [1.165, 1.54) is 5.56 Å². The van der Waals surface area contributed by atoms with Gasteiger partial charge in [0.15, 0.2) is 0 Å². The summed E-state index contributed by atoms with van der Waals surface area (Å²) in [7, 11) is 0. The van der Waals surface area contributed by atoms with E-state index >= 15 is 0 Å². The van der Waals surface area contributed by atoms with E-state index in [4.69, 9.17) is 9.47 Å². The number of nitrogens with one attached hydrogen (secondary N) is 1. The van der Waals surface area contributed by atoms with Crippen LogP contribution in [0.5, 0.6) is 11.5 Å². The number of nitrogens with zero attached hydrogens (tertiary/aromatic N) is 1. The fraction of sp³-hybridized carbons (Fsp3) is 0.269. The van der Waals surface area contributed by atoms with Gasteiger partial charge in [0.2, 0.25) is 5.91 Å². The largest absolute Gasteiger partial charge is 0.457 e. The predicted octanol–water partition coefficient (Wildman–Crippen LogP) is 3.94. The van der Waals surface area contributed by atoms with Crippen molar-refractivity contribution in [3.05, 3.63) is 95.6 Å². The quantitative estimate of drug-likeness (QED) is 0.687. The second-order valence-corrected chi connectivity index (χ2v) is 8.07. The highest BCUT2D eigenvalue weighted by Crippen LogP contribution is 2.43. The van der Waals surface area contributed by atoms with Crippen LogP contribution in [0.3, 0.4) is 0 Å². The van der Waals surface area contributed by atoms with E-state index in [0.29, 0.717) is 13.2 Å². The van der Waals surface area contributed by atoms with Crippen LogP contribution in [0.15, 0.2) is 78.9 Å². The number of morpholine rings is 1. The van der Waals surface area contributed by atoms with Gasteiger partial charge in [0.05, 0.1) is 18.6 Å². The Balaban J connectivity index is 1.26. The van der Waals surface area contributed by atoms with Crippen LogP contribution in [0.2, 0.25) is 0 Å². The first-order valence-electron chi connectivity index (χ1n) is 10.8. The van der Waals surface area contributed by atoms with Crippen molar-refractivity contribution in [2.45, 2.75) is 18.6 Å². The van der Waals surface area contributed by atoms with Crippen molar-refractivity contribution in [2.24, 2.45) is 0 Å². The highest BCUT2D eigenvalue weighted by molar-refractivity contribution is 5.89. The number of amides is 1. The molecule has 2 aliphatic rings. The molecule has 0 aromatic heterocycles. The zero-order valence-corrected chi connectivity index (χ0v) is 17.4. The van der Waals surface area contributed by atoms with Crippen molar-refractivity contribution >= 4 is 5.91 Å². The number of carbonyl (C=O) groups is 1. The van der Waals surface area contributed by atoms with Gasteiger partial charge in [0.25, 0.3) is 0 Å². The van der Waals surface area contributed by atoms with Gasteiger partial charge in [-0.3, -0.25) is 9.69 Å². The predicted molar refractivity (Wildman–Crippen MR) is 119 cm³/mol. The number of hydrogen-bond acceptors (Lipinski definition) is 4. The maximum atomic E-state index is 13.3. The average molecular weight is 415 g/mol. The van der Waals surface area contributed by atoms with Gasteiger partial charge in [-0.1, -0.05) is 66.7 Å². The summed E-state index contributed by atoms with van der Waals surface area (Å²) in [4.78, 5) is 15.7. The molecule has 1 amide bonds. The normalized spacial score (nSPS) is 18.5. The minimum Gasteiger partial charge on any atom is -0.457 e. The van der Waals surface area contributed by atoms with E-state index in [0.717, 1.165) is 42.3 Å². The summed E-state index contributed by atoms with van der Waals surface area (Å²) in [6, 6.07) is 26.0. The monoisotopic (exact) mass is 414 g/mol. The summed E-state index contributed by atoms with van der Waals surface area (Å²) in [5.74, 6) is 1.07. The lowest BCUT2D eigenvalue weighted by molar-refractivity contribution is -0.123. The van der Waals surface area contributed by atoms with Crippen LogP contribution in [-0.2, 0) is 16.1 Å². The molecule has 0 unspecified atom stereocenters. The van der Waals surface area contributed by atoms with Crippen LogP contribution in [0.1, 0.15) is 22.6 Å². The average Bonchev–Trinajstić information content (AvgIpc) is 2.82. The van der Waals surface area contributed by atoms with Crippen molar-refractivity contribution < 1.29 is 14.3 Å². The molecule has 1 atom stereocenters. The van der Waals surface area contributed by atoms with Gasteiger partial charge in [0.1, 0.15) is 11.5 Å². The molecule has 0 saturated carbocycles. The lowest BCUT2D eigenvalue weighted by atomic mass is 9.87. The van der Waals surface area contributed by atoms with Crippen molar-refractivity contribution in [3.63, 3.8) is 0 Å². The summed E-state index contributed by atoms with van der Waals surface area (Å²) >= 11 is 0. The van der Waals surface area contributed by atoms with Crippen LogP contribution in [0.4, 0.5) is 0 Å². The summed E-state index contributed by atoms with van der Waals surface area (Å²) in [6.45, 7) is 3.77. The Morgan fingerprint density at radius 1 is 0.903 bits per heavy atom. The first-order chi connectivity index (χ1) is 15.3. The van der Waals surface area contributed by atoms with E-state index < -0.39 is 0 Å². The number of ether oxygens (including phenoxy) is 2. The molecule has 0 spiro atoms. The van der Waals surface area contributed by atoms with E-state index in [2.05, 4.69) is 34.5 Å². The molecule has 0 aliphatic carbocycles. The summed E-state index contributed by atoms with van der Waals surface area (Å²) in [5.41, 5.74) is 3.09. The Morgan fingerprint density at radius 2 is 1.55 bits per heavy atom. The van der Waals surface area contributed by atoms with Gasteiger partial charge in [-0.25, -0.2) is 0 Å². The summed E-state index contributed by atoms with van der Waals surface area (Å²) in [6.07, 6.45) is -0.0215. The third-order valence-corrected chi connectivity index (χ3v) is 5.92. The molecule has 1 saturated heterocycles. The molecule has 1 N–H and O–H groups in total. The van der Waals surface area contributed by atoms with Gasteiger partial charge in [-0.05, 0) is 17.7 Å². The smallest absolute Gasteiger partial charge is 0.232 e. The molecule has 0 bridgehead atoms. The second-order valence-electron chi connectivity index (χ2n) is 8.07. The molecule has 2 heterocycles. The van der Waals surface area contributed by atoms with Gasteiger partial charge < -0.3 is 14.8 Å². The molecule has 5 nitrogen and oxygen atoms in total. The van der Waals surface area contributed by atoms with Gasteiger partial charge in [0, 0.05) is 37.3 Å².